The van der Waals surface area contributed by atoms with Crippen molar-refractivity contribution in [2.24, 2.45) is 0 Å². The number of hydrogen-bond acceptors (Lipinski definition) is 4. The Kier molecular flexibility index (Phi) is 4.66. The Morgan fingerprint density at radius 1 is 1.18 bits per heavy atom. The molecule has 116 valence electrons. The van der Waals surface area contributed by atoms with Crippen molar-refractivity contribution in [2.45, 2.75) is 33.2 Å². The lowest BCUT2D eigenvalue weighted by molar-refractivity contribution is 0.0914. The SMILES string of the molecule is Cc1c(Cl)cccc1Nc1cnc(C(=O)NC(C)(C)C)cn1. The van der Waals surface area contributed by atoms with Crippen LogP contribution in [0.2, 0.25) is 5.02 Å². The fourth-order valence-electron chi connectivity index (χ4n) is 1.80. The number of rotatable bonds is 3. The number of anilines is 2. The smallest absolute Gasteiger partial charge is 0.271 e. The monoisotopic (exact) mass is 318 g/mol. The first-order valence-corrected chi connectivity index (χ1v) is 7.31. The van der Waals surface area contributed by atoms with Gasteiger partial charge in [0.2, 0.25) is 0 Å². The van der Waals surface area contributed by atoms with Gasteiger partial charge < -0.3 is 10.6 Å². The average Bonchev–Trinajstić information content (AvgIpc) is 2.43. The van der Waals surface area contributed by atoms with Crippen LogP contribution in [0.5, 0.6) is 0 Å². The van der Waals surface area contributed by atoms with Gasteiger partial charge in [-0.15, -0.1) is 0 Å². The van der Waals surface area contributed by atoms with Crippen molar-refractivity contribution in [3.8, 4) is 0 Å². The Labute approximate surface area is 135 Å². The van der Waals surface area contributed by atoms with Gasteiger partial charge >= 0.3 is 0 Å². The molecule has 0 spiro atoms. The topological polar surface area (TPSA) is 66.9 Å². The zero-order valence-corrected chi connectivity index (χ0v) is 13.8. The fourth-order valence-corrected chi connectivity index (χ4v) is 1.97. The molecule has 0 aliphatic carbocycles. The van der Waals surface area contributed by atoms with E-state index in [0.29, 0.717) is 10.8 Å². The standard InChI is InChI=1S/C16H19ClN4O/c1-10-11(17)6-5-7-12(10)20-14-9-18-13(8-19-14)15(22)21-16(2,3)4/h5-9H,1-4H3,(H,19,20)(H,21,22). The Bertz CT molecular complexity index is 678. The third kappa shape index (κ3) is 4.18. The van der Waals surface area contributed by atoms with E-state index in [1.165, 1.54) is 12.4 Å². The lowest BCUT2D eigenvalue weighted by Gasteiger charge is -2.20. The first-order chi connectivity index (χ1) is 10.3. The van der Waals surface area contributed by atoms with Crippen LogP contribution in [0.3, 0.4) is 0 Å². The summed E-state index contributed by atoms with van der Waals surface area (Å²) in [6.45, 7) is 7.66. The normalized spacial score (nSPS) is 11.1. The number of hydrogen-bond donors (Lipinski definition) is 2. The molecule has 1 aromatic carbocycles. The maximum atomic E-state index is 12.0. The predicted molar refractivity (Wildman–Crippen MR) is 88.7 cm³/mol. The van der Waals surface area contributed by atoms with Gasteiger partial charge in [0.15, 0.2) is 0 Å². The minimum Gasteiger partial charge on any atom is -0.346 e. The van der Waals surface area contributed by atoms with E-state index in [-0.39, 0.29) is 17.1 Å². The highest BCUT2D eigenvalue weighted by Gasteiger charge is 2.16. The van der Waals surface area contributed by atoms with E-state index in [9.17, 15) is 4.79 Å². The Balaban J connectivity index is 2.12. The Morgan fingerprint density at radius 3 is 2.50 bits per heavy atom. The van der Waals surface area contributed by atoms with Crippen molar-refractivity contribution in [1.29, 1.82) is 0 Å². The van der Waals surface area contributed by atoms with Gasteiger partial charge in [0.25, 0.3) is 5.91 Å². The number of nitrogens with zero attached hydrogens (tertiary/aromatic N) is 2. The summed E-state index contributed by atoms with van der Waals surface area (Å²) in [4.78, 5) is 20.3. The van der Waals surface area contributed by atoms with Crippen LogP contribution in [0.4, 0.5) is 11.5 Å². The van der Waals surface area contributed by atoms with Gasteiger partial charge in [-0.3, -0.25) is 4.79 Å². The highest BCUT2D eigenvalue weighted by Crippen LogP contribution is 2.25. The second-order valence-electron chi connectivity index (χ2n) is 6.03. The summed E-state index contributed by atoms with van der Waals surface area (Å²) in [6, 6.07) is 5.59. The van der Waals surface area contributed by atoms with Crippen LogP contribution < -0.4 is 10.6 Å². The molecule has 2 rings (SSSR count). The molecular formula is C16H19ClN4O. The molecule has 0 radical (unpaired) electrons. The highest BCUT2D eigenvalue weighted by molar-refractivity contribution is 6.31. The van der Waals surface area contributed by atoms with E-state index < -0.39 is 0 Å². The zero-order chi connectivity index (χ0) is 16.3. The average molecular weight is 319 g/mol. The van der Waals surface area contributed by atoms with Crippen LogP contribution >= 0.6 is 11.6 Å². The third-order valence-corrected chi connectivity index (χ3v) is 3.31. The molecule has 1 amide bonds. The molecule has 1 heterocycles. The largest absolute Gasteiger partial charge is 0.346 e. The molecular weight excluding hydrogens is 300 g/mol. The number of carbonyl (C=O) groups excluding carboxylic acids is 1. The number of benzene rings is 1. The molecule has 0 aliphatic heterocycles. The summed E-state index contributed by atoms with van der Waals surface area (Å²) in [5, 5.41) is 6.66. The molecule has 2 aromatic rings. The molecule has 0 saturated heterocycles. The molecule has 0 fully saturated rings. The minimum atomic E-state index is -0.312. The quantitative estimate of drug-likeness (QED) is 0.905. The number of nitrogens with one attached hydrogen (secondary N) is 2. The van der Waals surface area contributed by atoms with Gasteiger partial charge in [-0.1, -0.05) is 17.7 Å². The van der Waals surface area contributed by atoms with Crippen LogP contribution in [0, 0.1) is 6.92 Å². The van der Waals surface area contributed by atoms with Crippen molar-refractivity contribution >= 4 is 29.0 Å². The van der Waals surface area contributed by atoms with Gasteiger partial charge in [0.05, 0.1) is 12.4 Å². The zero-order valence-electron chi connectivity index (χ0n) is 13.1. The maximum absolute atomic E-state index is 12.0. The van der Waals surface area contributed by atoms with E-state index in [1.54, 1.807) is 0 Å². The molecule has 0 atom stereocenters. The summed E-state index contributed by atoms with van der Waals surface area (Å²) in [5.41, 5.74) is 1.76. The van der Waals surface area contributed by atoms with Crippen LogP contribution in [-0.4, -0.2) is 21.4 Å². The summed E-state index contributed by atoms with van der Waals surface area (Å²) < 4.78 is 0. The lowest BCUT2D eigenvalue weighted by atomic mass is 10.1. The van der Waals surface area contributed by atoms with E-state index >= 15 is 0 Å². The summed E-state index contributed by atoms with van der Waals surface area (Å²) >= 11 is 6.08. The molecule has 0 aliphatic rings. The summed E-state index contributed by atoms with van der Waals surface area (Å²) in [6.07, 6.45) is 2.97. The number of carbonyl (C=O) groups is 1. The maximum Gasteiger partial charge on any atom is 0.271 e. The second-order valence-corrected chi connectivity index (χ2v) is 6.44. The lowest BCUT2D eigenvalue weighted by Crippen LogP contribution is -2.40. The van der Waals surface area contributed by atoms with E-state index in [4.69, 9.17) is 11.6 Å². The predicted octanol–water partition coefficient (Wildman–Crippen LogP) is 3.71. The van der Waals surface area contributed by atoms with Crippen molar-refractivity contribution in [2.75, 3.05) is 5.32 Å². The van der Waals surface area contributed by atoms with Crippen molar-refractivity contribution < 1.29 is 4.79 Å². The molecule has 0 saturated carbocycles. The molecule has 5 nitrogen and oxygen atoms in total. The van der Waals surface area contributed by atoms with Crippen molar-refractivity contribution in [3.05, 3.63) is 46.9 Å². The number of aromatic nitrogens is 2. The second kappa shape index (κ2) is 6.32. The fraction of sp³-hybridized carbons (Fsp3) is 0.312. The number of halogens is 1. The van der Waals surface area contributed by atoms with Crippen LogP contribution in [0.1, 0.15) is 36.8 Å². The number of amides is 1. The Morgan fingerprint density at radius 2 is 1.91 bits per heavy atom. The van der Waals surface area contributed by atoms with Crippen LogP contribution in [0.15, 0.2) is 30.6 Å². The molecule has 0 bridgehead atoms. The summed E-state index contributed by atoms with van der Waals surface area (Å²) in [7, 11) is 0. The third-order valence-electron chi connectivity index (χ3n) is 2.90. The van der Waals surface area contributed by atoms with E-state index in [0.717, 1.165) is 11.3 Å². The minimum absolute atomic E-state index is 0.245. The molecule has 6 heteroatoms. The van der Waals surface area contributed by atoms with Crippen molar-refractivity contribution in [3.63, 3.8) is 0 Å². The molecule has 0 unspecified atom stereocenters. The van der Waals surface area contributed by atoms with E-state index in [1.807, 2.05) is 45.9 Å². The first kappa shape index (κ1) is 16.2. The van der Waals surface area contributed by atoms with Gasteiger partial charge in [0.1, 0.15) is 11.5 Å². The van der Waals surface area contributed by atoms with Crippen LogP contribution in [-0.2, 0) is 0 Å². The van der Waals surface area contributed by atoms with Gasteiger partial charge in [-0.05, 0) is 45.4 Å². The van der Waals surface area contributed by atoms with Crippen LogP contribution in [0.25, 0.3) is 0 Å². The molecule has 1 aromatic heterocycles. The first-order valence-electron chi connectivity index (χ1n) is 6.93. The van der Waals surface area contributed by atoms with E-state index in [2.05, 4.69) is 20.6 Å². The highest BCUT2D eigenvalue weighted by atomic mass is 35.5. The van der Waals surface area contributed by atoms with Gasteiger partial charge in [0, 0.05) is 16.2 Å². The molecule has 22 heavy (non-hydrogen) atoms. The molecule has 2 N–H and O–H groups in total. The van der Waals surface area contributed by atoms with Gasteiger partial charge in [-0.25, -0.2) is 9.97 Å². The van der Waals surface area contributed by atoms with Crippen molar-refractivity contribution in [1.82, 2.24) is 15.3 Å². The van der Waals surface area contributed by atoms with Gasteiger partial charge in [-0.2, -0.15) is 0 Å². The summed E-state index contributed by atoms with van der Waals surface area (Å²) in [5.74, 6) is 0.308. The Hall–Kier alpha value is -2.14.